The fourth-order valence-electron chi connectivity index (χ4n) is 3.44. The number of amides is 1. The Hall–Kier alpha value is -3.42. The van der Waals surface area contributed by atoms with Crippen LogP contribution >= 0.6 is 0 Å². The number of anilines is 1. The van der Waals surface area contributed by atoms with Crippen LogP contribution in [-0.2, 0) is 0 Å². The van der Waals surface area contributed by atoms with Crippen molar-refractivity contribution in [2.75, 3.05) is 32.1 Å². The van der Waals surface area contributed by atoms with Crippen LogP contribution in [0, 0.1) is 0 Å². The first-order chi connectivity index (χ1) is 14.1. The van der Waals surface area contributed by atoms with E-state index in [-0.39, 0.29) is 12.0 Å². The summed E-state index contributed by atoms with van der Waals surface area (Å²) in [6.07, 6.45) is 4.87. The van der Waals surface area contributed by atoms with Gasteiger partial charge in [-0.3, -0.25) is 9.89 Å². The number of hydrogen-bond donors (Lipinski definition) is 1. The second-order valence-corrected chi connectivity index (χ2v) is 7.25. The minimum Gasteiger partial charge on any atom is -0.470 e. The highest BCUT2D eigenvalue weighted by Gasteiger charge is 2.28. The zero-order valence-corrected chi connectivity index (χ0v) is 16.6. The molecule has 0 radical (unpaired) electrons. The van der Waals surface area contributed by atoms with Crippen molar-refractivity contribution in [1.82, 2.24) is 25.1 Å². The fourth-order valence-corrected chi connectivity index (χ4v) is 3.44. The van der Waals surface area contributed by atoms with Gasteiger partial charge in [0.15, 0.2) is 5.82 Å². The number of piperidine rings is 1. The fraction of sp³-hybridized carbons (Fsp3) is 0.333. The molecule has 1 amide bonds. The van der Waals surface area contributed by atoms with E-state index in [4.69, 9.17) is 4.74 Å². The number of H-pyrrole nitrogens is 1. The van der Waals surface area contributed by atoms with Gasteiger partial charge in [-0.05, 0) is 18.9 Å². The highest BCUT2D eigenvalue weighted by Crippen LogP contribution is 2.25. The monoisotopic (exact) mass is 392 g/mol. The third-order valence-electron chi connectivity index (χ3n) is 4.89. The number of likely N-dealkylation sites (tertiary alicyclic amines) is 1. The number of carbonyl (C=O) groups is 1. The van der Waals surface area contributed by atoms with Crippen molar-refractivity contribution in [2.45, 2.75) is 18.9 Å². The Morgan fingerprint density at radius 3 is 2.79 bits per heavy atom. The molecule has 3 heterocycles. The lowest BCUT2D eigenvalue weighted by Crippen LogP contribution is -2.44. The van der Waals surface area contributed by atoms with Crippen LogP contribution in [0.4, 0.5) is 5.82 Å². The van der Waals surface area contributed by atoms with Gasteiger partial charge in [-0.2, -0.15) is 5.10 Å². The molecular weight excluding hydrogens is 368 g/mol. The number of nitrogens with zero attached hydrogens (tertiary/aromatic N) is 5. The molecule has 0 saturated carbocycles. The van der Waals surface area contributed by atoms with Crippen molar-refractivity contribution in [1.29, 1.82) is 0 Å². The molecule has 2 aromatic heterocycles. The van der Waals surface area contributed by atoms with Gasteiger partial charge in [0, 0.05) is 38.6 Å². The predicted molar refractivity (Wildman–Crippen MR) is 110 cm³/mol. The molecule has 3 aromatic rings. The number of nitrogens with one attached hydrogen (secondary N) is 1. The second-order valence-electron chi connectivity index (χ2n) is 7.25. The van der Waals surface area contributed by atoms with Crippen LogP contribution in [0.25, 0.3) is 11.3 Å². The van der Waals surface area contributed by atoms with Crippen LogP contribution in [0.1, 0.15) is 23.3 Å². The molecule has 0 bridgehead atoms. The highest BCUT2D eigenvalue weighted by atomic mass is 16.5. The van der Waals surface area contributed by atoms with Gasteiger partial charge < -0.3 is 14.5 Å². The maximum absolute atomic E-state index is 13.0. The molecule has 29 heavy (non-hydrogen) atoms. The molecule has 0 aliphatic carbocycles. The topological polar surface area (TPSA) is 87.2 Å². The molecule has 4 rings (SSSR count). The lowest BCUT2D eigenvalue weighted by Gasteiger charge is -2.32. The maximum Gasteiger partial charge on any atom is 0.272 e. The minimum absolute atomic E-state index is 0.0695. The summed E-state index contributed by atoms with van der Waals surface area (Å²) in [5.41, 5.74) is 2.22. The minimum atomic E-state index is -0.125. The Balaban J connectivity index is 1.45. The van der Waals surface area contributed by atoms with Gasteiger partial charge in [-0.25, -0.2) is 9.97 Å². The molecule has 150 valence electrons. The smallest absolute Gasteiger partial charge is 0.272 e. The zero-order valence-electron chi connectivity index (χ0n) is 16.6. The molecule has 8 heteroatoms. The van der Waals surface area contributed by atoms with Gasteiger partial charge in [0.2, 0.25) is 0 Å². The Kier molecular flexibility index (Phi) is 5.41. The molecule has 1 N–H and O–H groups in total. The molecule has 1 unspecified atom stereocenters. The molecule has 0 spiro atoms. The van der Waals surface area contributed by atoms with E-state index >= 15 is 0 Å². The summed E-state index contributed by atoms with van der Waals surface area (Å²) in [4.78, 5) is 25.3. The first-order valence-corrected chi connectivity index (χ1v) is 9.67. The van der Waals surface area contributed by atoms with E-state index in [2.05, 4.69) is 20.2 Å². The van der Waals surface area contributed by atoms with Gasteiger partial charge in [-0.1, -0.05) is 30.3 Å². The number of aromatic nitrogens is 4. The average Bonchev–Trinajstić information content (AvgIpc) is 3.24. The largest absolute Gasteiger partial charge is 0.470 e. The first-order valence-electron chi connectivity index (χ1n) is 9.67. The van der Waals surface area contributed by atoms with Crippen molar-refractivity contribution >= 4 is 11.7 Å². The summed E-state index contributed by atoms with van der Waals surface area (Å²) in [5, 5.41) is 7.17. The maximum atomic E-state index is 13.0. The van der Waals surface area contributed by atoms with Gasteiger partial charge in [0.25, 0.3) is 11.8 Å². The normalized spacial score (nSPS) is 16.5. The number of aromatic amines is 1. The van der Waals surface area contributed by atoms with Crippen LogP contribution in [0.2, 0.25) is 0 Å². The number of hydrogen-bond acceptors (Lipinski definition) is 6. The summed E-state index contributed by atoms with van der Waals surface area (Å²) >= 11 is 0. The molecule has 1 aliphatic heterocycles. The van der Waals surface area contributed by atoms with E-state index in [1.165, 1.54) is 0 Å². The predicted octanol–water partition coefficient (Wildman–Crippen LogP) is 2.62. The Bertz CT molecular complexity index is 972. The van der Waals surface area contributed by atoms with Crippen LogP contribution in [0.3, 0.4) is 0 Å². The second kappa shape index (κ2) is 8.30. The quantitative estimate of drug-likeness (QED) is 0.718. The van der Waals surface area contributed by atoms with Gasteiger partial charge in [-0.15, -0.1) is 0 Å². The molecule has 1 saturated heterocycles. The van der Waals surface area contributed by atoms with E-state index in [1.807, 2.05) is 54.2 Å². The van der Waals surface area contributed by atoms with E-state index < -0.39 is 0 Å². The van der Waals surface area contributed by atoms with E-state index in [1.54, 1.807) is 18.5 Å². The Morgan fingerprint density at radius 2 is 2.00 bits per heavy atom. The number of ether oxygens (including phenoxy) is 1. The molecule has 1 aromatic carbocycles. The Labute approximate surface area is 169 Å². The van der Waals surface area contributed by atoms with Crippen LogP contribution in [0.5, 0.6) is 5.88 Å². The van der Waals surface area contributed by atoms with Crippen molar-refractivity contribution in [3.63, 3.8) is 0 Å². The molecule has 1 fully saturated rings. The van der Waals surface area contributed by atoms with Gasteiger partial charge in [0.05, 0.1) is 12.2 Å². The van der Waals surface area contributed by atoms with Crippen LogP contribution in [0.15, 0.2) is 48.8 Å². The van der Waals surface area contributed by atoms with Crippen LogP contribution < -0.4 is 9.64 Å². The van der Waals surface area contributed by atoms with Crippen molar-refractivity contribution in [3.8, 4) is 17.1 Å². The van der Waals surface area contributed by atoms with Gasteiger partial charge in [0.1, 0.15) is 11.8 Å². The van der Waals surface area contributed by atoms with E-state index in [9.17, 15) is 4.79 Å². The van der Waals surface area contributed by atoms with Crippen molar-refractivity contribution in [2.24, 2.45) is 0 Å². The number of carbonyl (C=O) groups excluding carboxylic acids is 1. The molecule has 8 nitrogen and oxygen atoms in total. The molecule has 1 aliphatic rings. The van der Waals surface area contributed by atoms with Crippen molar-refractivity contribution in [3.05, 3.63) is 54.5 Å². The molecular formula is C21H24N6O2. The summed E-state index contributed by atoms with van der Waals surface area (Å²) in [6, 6.07) is 11.6. The molecule has 1 atom stereocenters. The highest BCUT2D eigenvalue weighted by molar-refractivity contribution is 5.93. The van der Waals surface area contributed by atoms with E-state index in [0.717, 1.165) is 24.1 Å². The van der Waals surface area contributed by atoms with E-state index in [0.29, 0.717) is 30.5 Å². The Morgan fingerprint density at radius 1 is 1.21 bits per heavy atom. The summed E-state index contributed by atoms with van der Waals surface area (Å²) in [6.45, 7) is 1.20. The van der Waals surface area contributed by atoms with Crippen molar-refractivity contribution < 1.29 is 9.53 Å². The zero-order chi connectivity index (χ0) is 20.2. The number of rotatable bonds is 5. The SMILES string of the molecule is CN(C)c1nccnc1OC1CCCN(C(=O)c2cc(-c3ccccc3)n[nH]2)C1. The van der Waals surface area contributed by atoms with Gasteiger partial charge >= 0.3 is 0 Å². The summed E-state index contributed by atoms with van der Waals surface area (Å²) in [5.74, 6) is 1.10. The lowest BCUT2D eigenvalue weighted by molar-refractivity contribution is 0.0523. The third kappa shape index (κ3) is 4.21. The number of benzene rings is 1. The third-order valence-corrected chi connectivity index (χ3v) is 4.89. The lowest BCUT2D eigenvalue weighted by atomic mass is 10.1. The standard InChI is InChI=1S/C21H24N6O2/c1-26(2)19-20(23-11-10-22-19)29-16-9-6-12-27(14-16)21(28)18-13-17(24-25-18)15-7-4-3-5-8-15/h3-5,7-8,10-11,13,16H,6,9,12,14H2,1-2H3,(H,24,25). The average molecular weight is 392 g/mol. The summed E-state index contributed by atoms with van der Waals surface area (Å²) < 4.78 is 6.10. The summed E-state index contributed by atoms with van der Waals surface area (Å²) in [7, 11) is 3.80. The first kappa shape index (κ1) is 18.9. The van der Waals surface area contributed by atoms with Crippen LogP contribution in [-0.4, -0.2) is 64.3 Å².